The van der Waals surface area contributed by atoms with Crippen LogP contribution in [0.1, 0.15) is 25.3 Å². The molecule has 1 atom stereocenters. The zero-order valence-corrected chi connectivity index (χ0v) is 13.6. The van der Waals surface area contributed by atoms with Gasteiger partial charge in [0.2, 0.25) is 10.0 Å². The SMILES string of the molecule is CSC(C)CNS(=O)(=O)c1cc(CNC2CC2)cs1. The molecule has 1 aromatic rings. The van der Waals surface area contributed by atoms with E-state index in [1.54, 1.807) is 17.8 Å². The lowest BCUT2D eigenvalue weighted by atomic mass is 10.3. The molecule has 0 spiro atoms. The van der Waals surface area contributed by atoms with Crippen molar-refractivity contribution in [3.05, 3.63) is 17.0 Å². The largest absolute Gasteiger partial charge is 0.310 e. The van der Waals surface area contributed by atoms with E-state index in [0.717, 1.165) is 12.1 Å². The first-order chi connectivity index (χ1) is 9.01. The summed E-state index contributed by atoms with van der Waals surface area (Å²) in [6.45, 7) is 3.24. The highest BCUT2D eigenvalue weighted by Gasteiger charge is 2.21. The number of thioether (sulfide) groups is 1. The Labute approximate surface area is 123 Å². The van der Waals surface area contributed by atoms with Gasteiger partial charge in [0.1, 0.15) is 4.21 Å². The normalized spacial score (nSPS) is 17.6. The van der Waals surface area contributed by atoms with E-state index in [4.69, 9.17) is 0 Å². The number of hydrogen-bond acceptors (Lipinski definition) is 5. The maximum Gasteiger partial charge on any atom is 0.250 e. The van der Waals surface area contributed by atoms with Gasteiger partial charge in [-0.2, -0.15) is 11.8 Å². The number of nitrogens with one attached hydrogen (secondary N) is 2. The van der Waals surface area contributed by atoms with Gasteiger partial charge in [-0.05, 0) is 36.1 Å². The van der Waals surface area contributed by atoms with E-state index in [1.807, 2.05) is 18.6 Å². The molecule has 4 nitrogen and oxygen atoms in total. The summed E-state index contributed by atoms with van der Waals surface area (Å²) in [6.07, 6.45) is 4.46. The third-order valence-electron chi connectivity index (χ3n) is 3.03. The Kier molecular flexibility index (Phi) is 5.30. The van der Waals surface area contributed by atoms with E-state index in [2.05, 4.69) is 10.0 Å². The number of rotatable bonds is 8. The molecule has 1 aliphatic rings. The van der Waals surface area contributed by atoms with Gasteiger partial charge in [0, 0.05) is 24.4 Å². The lowest BCUT2D eigenvalue weighted by Crippen LogP contribution is -2.28. The summed E-state index contributed by atoms with van der Waals surface area (Å²) in [4.78, 5) is 0. The molecule has 7 heteroatoms. The van der Waals surface area contributed by atoms with Gasteiger partial charge < -0.3 is 5.32 Å². The van der Waals surface area contributed by atoms with Crippen molar-refractivity contribution in [2.45, 2.75) is 41.8 Å². The van der Waals surface area contributed by atoms with Crippen LogP contribution in [0.15, 0.2) is 15.7 Å². The molecule has 0 saturated heterocycles. The van der Waals surface area contributed by atoms with Crippen LogP contribution in [0.4, 0.5) is 0 Å². The average Bonchev–Trinajstić information content (AvgIpc) is 3.09. The fourth-order valence-electron chi connectivity index (χ4n) is 1.52. The highest BCUT2D eigenvalue weighted by Crippen LogP contribution is 2.23. The summed E-state index contributed by atoms with van der Waals surface area (Å²) in [7, 11) is -3.34. The summed E-state index contributed by atoms with van der Waals surface area (Å²) in [5, 5.41) is 5.59. The third-order valence-corrected chi connectivity index (χ3v) is 6.91. The second-order valence-electron chi connectivity index (χ2n) is 4.83. The van der Waals surface area contributed by atoms with Crippen LogP contribution in [0.2, 0.25) is 0 Å². The molecule has 1 aromatic heterocycles. The first-order valence-corrected chi connectivity index (χ1v) is 9.99. The summed E-state index contributed by atoms with van der Waals surface area (Å²) in [5.41, 5.74) is 1.05. The Morgan fingerprint density at radius 3 is 2.89 bits per heavy atom. The molecular formula is C12H20N2O2S3. The van der Waals surface area contributed by atoms with Crippen LogP contribution in [0, 0.1) is 0 Å². The summed E-state index contributed by atoms with van der Waals surface area (Å²) >= 11 is 2.94. The van der Waals surface area contributed by atoms with E-state index in [-0.39, 0.29) is 5.25 Å². The van der Waals surface area contributed by atoms with Crippen molar-refractivity contribution in [3.63, 3.8) is 0 Å². The second-order valence-corrected chi connectivity index (χ2v) is 9.01. The fourth-order valence-corrected chi connectivity index (χ4v) is 4.26. The third kappa shape index (κ3) is 4.75. The van der Waals surface area contributed by atoms with Crippen molar-refractivity contribution in [2.75, 3.05) is 12.8 Å². The van der Waals surface area contributed by atoms with Crippen LogP contribution >= 0.6 is 23.1 Å². The van der Waals surface area contributed by atoms with Crippen LogP contribution in [0.25, 0.3) is 0 Å². The van der Waals surface area contributed by atoms with E-state index < -0.39 is 10.0 Å². The van der Waals surface area contributed by atoms with Crippen molar-refractivity contribution in [3.8, 4) is 0 Å². The Balaban J connectivity index is 1.91. The molecule has 1 unspecified atom stereocenters. The van der Waals surface area contributed by atoms with Crippen LogP contribution in [0.3, 0.4) is 0 Å². The summed E-state index contributed by atoms with van der Waals surface area (Å²) in [6, 6.07) is 2.41. The van der Waals surface area contributed by atoms with E-state index in [9.17, 15) is 8.42 Å². The van der Waals surface area contributed by atoms with Crippen LogP contribution in [-0.2, 0) is 16.6 Å². The maximum absolute atomic E-state index is 12.1. The van der Waals surface area contributed by atoms with Crippen LogP contribution < -0.4 is 10.0 Å². The van der Waals surface area contributed by atoms with Crippen molar-refractivity contribution in [2.24, 2.45) is 0 Å². The zero-order valence-electron chi connectivity index (χ0n) is 11.2. The molecule has 2 N–H and O–H groups in total. The quantitative estimate of drug-likeness (QED) is 0.769. The fraction of sp³-hybridized carbons (Fsp3) is 0.667. The lowest BCUT2D eigenvalue weighted by Gasteiger charge is -2.09. The van der Waals surface area contributed by atoms with E-state index in [0.29, 0.717) is 16.8 Å². The summed E-state index contributed by atoms with van der Waals surface area (Å²) in [5.74, 6) is 0. The molecule has 0 amide bonds. The molecule has 1 aliphatic carbocycles. The van der Waals surface area contributed by atoms with E-state index >= 15 is 0 Å². The Hall–Kier alpha value is -0.0800. The molecule has 0 aromatic carbocycles. The number of hydrogen-bond donors (Lipinski definition) is 2. The van der Waals surface area contributed by atoms with Crippen LogP contribution in [-0.4, -0.2) is 32.5 Å². The predicted molar refractivity (Wildman–Crippen MR) is 82.3 cm³/mol. The van der Waals surface area contributed by atoms with Gasteiger partial charge in [0.15, 0.2) is 0 Å². The highest BCUT2D eigenvalue weighted by molar-refractivity contribution is 7.99. The molecule has 0 radical (unpaired) electrons. The van der Waals surface area contributed by atoms with Crippen LogP contribution in [0.5, 0.6) is 0 Å². The maximum atomic E-state index is 12.1. The number of thiophene rings is 1. The monoisotopic (exact) mass is 320 g/mol. The van der Waals surface area contributed by atoms with Crippen molar-refractivity contribution in [1.29, 1.82) is 0 Å². The van der Waals surface area contributed by atoms with Gasteiger partial charge in [0.05, 0.1) is 0 Å². The second kappa shape index (κ2) is 6.58. The Bertz CT molecular complexity index is 509. The average molecular weight is 321 g/mol. The minimum Gasteiger partial charge on any atom is -0.310 e. The lowest BCUT2D eigenvalue weighted by molar-refractivity contribution is 0.583. The standard InChI is InChI=1S/C12H20N2O2S3/c1-9(17-2)6-14-19(15,16)12-5-10(8-18-12)7-13-11-3-4-11/h5,8-9,11,13-14H,3-4,6-7H2,1-2H3. The Morgan fingerprint density at radius 2 is 2.26 bits per heavy atom. The molecule has 2 rings (SSSR count). The van der Waals surface area contributed by atoms with Crippen molar-refractivity contribution >= 4 is 33.1 Å². The topological polar surface area (TPSA) is 58.2 Å². The molecule has 19 heavy (non-hydrogen) atoms. The molecule has 108 valence electrons. The van der Waals surface area contributed by atoms with Gasteiger partial charge in [0.25, 0.3) is 0 Å². The van der Waals surface area contributed by atoms with Gasteiger partial charge in [-0.1, -0.05) is 6.92 Å². The van der Waals surface area contributed by atoms with Gasteiger partial charge >= 0.3 is 0 Å². The van der Waals surface area contributed by atoms with Gasteiger partial charge in [-0.25, -0.2) is 13.1 Å². The van der Waals surface area contributed by atoms with Gasteiger partial charge in [-0.3, -0.25) is 0 Å². The molecule has 0 aliphatic heterocycles. The zero-order chi connectivity index (χ0) is 13.9. The smallest absolute Gasteiger partial charge is 0.250 e. The van der Waals surface area contributed by atoms with Crippen molar-refractivity contribution in [1.82, 2.24) is 10.0 Å². The minimum atomic E-state index is -3.34. The molecule has 0 bridgehead atoms. The molecule has 1 heterocycles. The molecule has 1 saturated carbocycles. The first kappa shape index (κ1) is 15.3. The molecular weight excluding hydrogens is 300 g/mol. The van der Waals surface area contributed by atoms with Gasteiger partial charge in [-0.15, -0.1) is 11.3 Å². The number of sulfonamides is 1. The van der Waals surface area contributed by atoms with E-state index in [1.165, 1.54) is 24.2 Å². The molecule has 1 fully saturated rings. The Morgan fingerprint density at radius 1 is 1.53 bits per heavy atom. The predicted octanol–water partition coefficient (Wildman–Crippen LogP) is 2.03. The minimum absolute atomic E-state index is 0.283. The van der Waals surface area contributed by atoms with Crippen molar-refractivity contribution < 1.29 is 8.42 Å². The first-order valence-electron chi connectivity index (χ1n) is 6.34. The highest BCUT2D eigenvalue weighted by atomic mass is 32.2. The summed E-state index contributed by atoms with van der Waals surface area (Å²) < 4.78 is 27.2.